The molecule has 3 N–H and O–H groups in total. The third kappa shape index (κ3) is 47.1. The van der Waals surface area contributed by atoms with Crippen LogP contribution in [0, 0.1) is 0 Å². The molecule has 0 aromatic carbocycles. The summed E-state index contributed by atoms with van der Waals surface area (Å²) < 4.78 is 5.13. The fourth-order valence-corrected chi connectivity index (χ4v) is 0.791. The minimum absolute atomic E-state index is 0.250. The molecule has 0 radical (unpaired) electrons. The van der Waals surface area contributed by atoms with E-state index in [1.807, 2.05) is 0 Å². The number of carboxylic acids is 1. The van der Waals surface area contributed by atoms with Gasteiger partial charge in [0.2, 0.25) is 0 Å². The number of hydrogen-bond donors (Lipinski definition) is 3. The van der Waals surface area contributed by atoms with E-state index in [1.165, 1.54) is 0 Å². The van der Waals surface area contributed by atoms with E-state index in [0.717, 1.165) is 51.4 Å². The van der Waals surface area contributed by atoms with Crippen LogP contribution in [0.2, 0.25) is 0 Å². The van der Waals surface area contributed by atoms with E-state index in [9.17, 15) is 4.79 Å². The molecular weight excluding hydrogens is 248 g/mol. The summed E-state index contributed by atoms with van der Waals surface area (Å²) in [6.45, 7) is 9.55. The van der Waals surface area contributed by atoms with Crippen molar-refractivity contribution in [2.75, 3.05) is 26.4 Å². The van der Waals surface area contributed by atoms with Crippen LogP contribution in [0.4, 0.5) is 0 Å². The molecule has 0 heterocycles. The van der Waals surface area contributed by atoms with Gasteiger partial charge in [0, 0.05) is 32.5 Å². The second-order valence-electron chi connectivity index (χ2n) is 3.66. The molecule has 0 aliphatic carbocycles. The Bertz CT molecular complexity index is 153. The fourth-order valence-electron chi connectivity index (χ4n) is 0.791. The highest BCUT2D eigenvalue weighted by Crippen LogP contribution is 1.90. The molecule has 5 heteroatoms. The van der Waals surface area contributed by atoms with Crippen LogP contribution in [0.15, 0.2) is 12.7 Å². The van der Waals surface area contributed by atoms with Crippen molar-refractivity contribution in [2.24, 2.45) is 0 Å². The van der Waals surface area contributed by atoms with E-state index in [0.29, 0.717) is 0 Å². The Balaban J connectivity index is -0.000000206. The van der Waals surface area contributed by atoms with Gasteiger partial charge in [-0.05, 0) is 32.1 Å². The molecule has 0 atom stereocenters. The Hall–Kier alpha value is -0.910. The molecule has 0 amide bonds. The van der Waals surface area contributed by atoms with Gasteiger partial charge in [-0.2, -0.15) is 0 Å². The van der Waals surface area contributed by atoms with Crippen molar-refractivity contribution in [1.29, 1.82) is 0 Å². The molecule has 0 aliphatic rings. The van der Waals surface area contributed by atoms with E-state index >= 15 is 0 Å². The van der Waals surface area contributed by atoms with Crippen LogP contribution >= 0.6 is 0 Å². The zero-order valence-corrected chi connectivity index (χ0v) is 12.3. The highest BCUT2D eigenvalue weighted by molar-refractivity contribution is 5.78. The van der Waals surface area contributed by atoms with Crippen LogP contribution in [-0.2, 0) is 9.53 Å². The largest absolute Gasteiger partial charge is 0.478 e. The molecule has 0 aromatic rings. The van der Waals surface area contributed by atoms with Gasteiger partial charge < -0.3 is 20.1 Å². The van der Waals surface area contributed by atoms with Gasteiger partial charge >= 0.3 is 5.97 Å². The van der Waals surface area contributed by atoms with E-state index in [-0.39, 0.29) is 13.2 Å². The number of aliphatic carboxylic acids is 1. The summed E-state index contributed by atoms with van der Waals surface area (Å²) in [6.07, 6.45) is 5.69. The molecule has 0 fully saturated rings. The van der Waals surface area contributed by atoms with E-state index in [1.54, 1.807) is 0 Å². The number of carbonyl (C=O) groups is 1. The Labute approximate surface area is 116 Å². The van der Waals surface area contributed by atoms with Gasteiger partial charge in [0.25, 0.3) is 0 Å². The smallest absolute Gasteiger partial charge is 0.327 e. The van der Waals surface area contributed by atoms with Crippen molar-refractivity contribution in [3.63, 3.8) is 0 Å². The maximum atomic E-state index is 9.25. The molecule has 0 saturated carbocycles. The third-order valence-electron chi connectivity index (χ3n) is 1.69. The average molecular weight is 278 g/mol. The average Bonchev–Trinajstić information content (AvgIpc) is 2.41. The number of carboxylic acid groups (broad SMARTS) is 1. The van der Waals surface area contributed by atoms with Crippen molar-refractivity contribution >= 4 is 5.97 Å². The molecule has 19 heavy (non-hydrogen) atoms. The summed E-state index contributed by atoms with van der Waals surface area (Å²) >= 11 is 0. The van der Waals surface area contributed by atoms with Gasteiger partial charge in [0.05, 0.1) is 0 Å². The van der Waals surface area contributed by atoms with Gasteiger partial charge in [-0.3, -0.25) is 0 Å². The van der Waals surface area contributed by atoms with Gasteiger partial charge in [-0.1, -0.05) is 20.4 Å². The summed E-state index contributed by atoms with van der Waals surface area (Å²) in [5.74, 6) is -0.981. The Kier molecular flexibility index (Phi) is 31.5. The summed E-state index contributed by atoms with van der Waals surface area (Å²) in [6, 6.07) is 0. The summed E-state index contributed by atoms with van der Waals surface area (Å²) in [7, 11) is 0. The van der Waals surface area contributed by atoms with Crippen LogP contribution in [0.5, 0.6) is 0 Å². The predicted octanol–water partition coefficient (Wildman–Crippen LogP) is 2.22. The maximum Gasteiger partial charge on any atom is 0.327 e. The van der Waals surface area contributed by atoms with Crippen LogP contribution < -0.4 is 0 Å². The Morgan fingerprint density at radius 2 is 1.42 bits per heavy atom. The highest BCUT2D eigenvalue weighted by Gasteiger charge is 1.81. The third-order valence-corrected chi connectivity index (χ3v) is 1.69. The number of ether oxygens (including phenoxy) is 1. The van der Waals surface area contributed by atoms with Gasteiger partial charge in [-0.15, -0.1) is 0 Å². The standard InChI is InChI=1S/C6H14O.C5H12O2.C3H4O2/c1-3-5-7-6-4-2;6-4-2-1-3-5-7;1-2-3(4)5/h3-6H2,1-2H3;6-7H,1-5H2;2H,1H2,(H,4,5). The van der Waals surface area contributed by atoms with Crippen molar-refractivity contribution < 1.29 is 24.9 Å². The number of hydrogen-bond acceptors (Lipinski definition) is 4. The maximum absolute atomic E-state index is 9.25. The zero-order chi connectivity index (χ0) is 15.4. The second-order valence-corrected chi connectivity index (χ2v) is 3.66. The number of unbranched alkanes of at least 4 members (excludes halogenated alkanes) is 2. The lowest BCUT2D eigenvalue weighted by Crippen LogP contribution is -1.92. The molecule has 0 unspecified atom stereocenters. The summed E-state index contributed by atoms with van der Waals surface area (Å²) in [5.41, 5.74) is 0. The first-order valence-electron chi connectivity index (χ1n) is 6.75. The first kappa shape index (κ1) is 23.2. The van der Waals surface area contributed by atoms with Crippen LogP contribution in [0.25, 0.3) is 0 Å². The van der Waals surface area contributed by atoms with E-state index in [4.69, 9.17) is 20.1 Å². The molecule has 0 aromatic heterocycles. The van der Waals surface area contributed by atoms with Crippen molar-refractivity contribution in [3.8, 4) is 0 Å². The van der Waals surface area contributed by atoms with Crippen LogP contribution in [0.3, 0.4) is 0 Å². The second kappa shape index (κ2) is 25.8. The minimum Gasteiger partial charge on any atom is -0.478 e. The SMILES string of the molecule is C=CC(=O)O.CCCOCCC.OCCCCCO. The van der Waals surface area contributed by atoms with Crippen LogP contribution in [0.1, 0.15) is 46.0 Å². The minimum atomic E-state index is -0.981. The Morgan fingerprint density at radius 1 is 1.05 bits per heavy atom. The molecule has 116 valence electrons. The van der Waals surface area contributed by atoms with Gasteiger partial charge in [0.1, 0.15) is 0 Å². The summed E-state index contributed by atoms with van der Waals surface area (Å²) in [5, 5.41) is 24.0. The molecule has 0 bridgehead atoms. The van der Waals surface area contributed by atoms with Crippen LogP contribution in [-0.4, -0.2) is 47.7 Å². The predicted molar refractivity (Wildman–Crippen MR) is 77.3 cm³/mol. The van der Waals surface area contributed by atoms with E-state index in [2.05, 4.69) is 20.4 Å². The molecular formula is C14H30O5. The number of rotatable bonds is 9. The number of aliphatic hydroxyl groups is 2. The quantitative estimate of drug-likeness (QED) is 0.444. The lowest BCUT2D eigenvalue weighted by molar-refractivity contribution is -0.131. The topological polar surface area (TPSA) is 87.0 Å². The van der Waals surface area contributed by atoms with E-state index < -0.39 is 5.97 Å². The molecule has 0 saturated heterocycles. The lowest BCUT2D eigenvalue weighted by Gasteiger charge is -1.95. The molecule has 0 rings (SSSR count). The zero-order valence-electron chi connectivity index (χ0n) is 12.3. The monoisotopic (exact) mass is 278 g/mol. The van der Waals surface area contributed by atoms with Gasteiger partial charge in [0.15, 0.2) is 0 Å². The van der Waals surface area contributed by atoms with Crippen molar-refractivity contribution in [2.45, 2.75) is 46.0 Å². The molecule has 0 aliphatic heterocycles. The van der Waals surface area contributed by atoms with Crippen molar-refractivity contribution in [1.82, 2.24) is 0 Å². The molecule has 5 nitrogen and oxygen atoms in total. The molecule has 0 spiro atoms. The fraction of sp³-hybridized carbons (Fsp3) is 0.786. The lowest BCUT2D eigenvalue weighted by atomic mass is 10.2. The van der Waals surface area contributed by atoms with Crippen molar-refractivity contribution in [3.05, 3.63) is 12.7 Å². The first-order chi connectivity index (χ1) is 9.10. The number of aliphatic hydroxyl groups excluding tert-OH is 2. The first-order valence-corrected chi connectivity index (χ1v) is 6.75. The highest BCUT2D eigenvalue weighted by atomic mass is 16.5. The summed E-state index contributed by atoms with van der Waals surface area (Å²) in [4.78, 5) is 9.25. The van der Waals surface area contributed by atoms with Gasteiger partial charge in [-0.25, -0.2) is 4.79 Å². The normalized spacial score (nSPS) is 8.63. The Morgan fingerprint density at radius 3 is 1.63 bits per heavy atom.